The molecule has 0 aliphatic carbocycles. The van der Waals surface area contributed by atoms with Crippen molar-refractivity contribution in [2.45, 2.75) is 27.1 Å². The number of hydrogen-bond donors (Lipinski definition) is 5. The number of nitrogens with zero attached hydrogens (tertiary/aromatic N) is 1. The predicted molar refractivity (Wildman–Crippen MR) is 149 cm³/mol. The fourth-order valence-corrected chi connectivity index (χ4v) is 3.77. The molecule has 12 heteroatoms. The average Bonchev–Trinajstić information content (AvgIpc) is 3.41. The van der Waals surface area contributed by atoms with Gasteiger partial charge in [-0.05, 0) is 66.3 Å². The largest absolute Gasteiger partial charge is 0.375 e. The summed E-state index contributed by atoms with van der Waals surface area (Å²) in [4.78, 5) is 14.8. The lowest BCUT2D eigenvalue weighted by molar-refractivity contribution is -0.404. The van der Waals surface area contributed by atoms with E-state index >= 15 is 0 Å². The Morgan fingerprint density at radius 1 is 0.943 bits per heavy atom. The number of aryl methyl sites for hydroxylation is 2. The van der Waals surface area contributed by atoms with Crippen molar-refractivity contribution in [2.75, 3.05) is 61.5 Å². The number of nitrogens with one attached hydrogen (secondary N) is 4. The normalized spacial score (nSPS) is 10.1. The predicted octanol–water partition coefficient (Wildman–Crippen LogP) is 2.66. The molecule has 0 bridgehead atoms. The quantitative estimate of drug-likeness (QED) is 0.159. The summed E-state index contributed by atoms with van der Waals surface area (Å²) >= 11 is 3.48. The van der Waals surface area contributed by atoms with Gasteiger partial charge in [-0.3, -0.25) is 10.1 Å². The maximum atomic E-state index is 10.3. The molecule has 0 radical (unpaired) electrons. The molecule has 2 aromatic rings. The molecule has 0 saturated carbocycles. The highest BCUT2D eigenvalue weighted by molar-refractivity contribution is 7.12. The number of rotatable bonds is 12. The highest BCUT2D eigenvalue weighted by atomic mass is 32.1. The second-order valence-corrected chi connectivity index (χ2v) is 9.67. The van der Waals surface area contributed by atoms with E-state index in [9.17, 15) is 10.1 Å². The smallest absolute Gasteiger partial charge is 0.274 e. The minimum Gasteiger partial charge on any atom is -0.375 e. The van der Waals surface area contributed by atoms with E-state index in [-0.39, 0.29) is 0 Å². The third-order valence-electron chi connectivity index (χ3n) is 3.41. The van der Waals surface area contributed by atoms with Crippen molar-refractivity contribution in [3.63, 3.8) is 0 Å². The zero-order valence-corrected chi connectivity index (χ0v) is 23.7. The number of nitrogens with two attached hydrogens (primary N) is 1. The van der Waals surface area contributed by atoms with Gasteiger partial charge in [0.2, 0.25) is 0 Å². The van der Waals surface area contributed by atoms with Gasteiger partial charge < -0.3 is 36.5 Å². The van der Waals surface area contributed by atoms with Crippen molar-refractivity contribution in [3.05, 3.63) is 65.9 Å². The summed E-state index contributed by atoms with van der Waals surface area (Å²) in [5.41, 5.74) is 5.28. The Labute approximate surface area is 218 Å². The second-order valence-electron chi connectivity index (χ2n) is 6.92. The molecule has 2 aromatic heterocycles. The van der Waals surface area contributed by atoms with E-state index in [1.807, 2.05) is 34.3 Å². The standard InChI is InChI=1S/C11H17N3O3S.C8H13NOS.2C2H7N/c1-9-3-4-10(18-9)8-17-6-5-13-11(12-2)7-14(15)16;1-7-2-3-8(11-7)6-10-5-4-9;2*1-3-2/h3-4,7,12-13H,5-6,8H2,1-2H3;2-3H,4-6,9H2,1H3;2*3H,1-2H3. The molecule has 0 saturated heterocycles. The van der Waals surface area contributed by atoms with Crippen molar-refractivity contribution in [2.24, 2.45) is 5.73 Å². The van der Waals surface area contributed by atoms with E-state index in [2.05, 4.69) is 53.3 Å². The van der Waals surface area contributed by atoms with Gasteiger partial charge in [0.1, 0.15) is 0 Å². The Morgan fingerprint density at radius 3 is 1.74 bits per heavy atom. The van der Waals surface area contributed by atoms with Gasteiger partial charge in [-0.1, -0.05) is 0 Å². The van der Waals surface area contributed by atoms with Gasteiger partial charge in [0, 0.05) is 39.6 Å². The van der Waals surface area contributed by atoms with Crippen LogP contribution < -0.4 is 27.0 Å². The third kappa shape index (κ3) is 23.5. The van der Waals surface area contributed by atoms with Crippen molar-refractivity contribution >= 4 is 22.7 Å². The van der Waals surface area contributed by atoms with Crippen LogP contribution in [0.15, 0.2) is 36.3 Å². The van der Waals surface area contributed by atoms with Gasteiger partial charge in [0.15, 0.2) is 5.82 Å². The maximum Gasteiger partial charge on any atom is 0.274 e. The molecular formula is C23H44N6O4S2. The fraction of sp³-hybridized carbons (Fsp3) is 0.565. The second kappa shape index (κ2) is 25.0. The van der Waals surface area contributed by atoms with Crippen LogP contribution in [0.1, 0.15) is 19.5 Å². The van der Waals surface area contributed by atoms with Crippen LogP contribution in [0.25, 0.3) is 0 Å². The van der Waals surface area contributed by atoms with Crippen LogP contribution in [0.5, 0.6) is 0 Å². The van der Waals surface area contributed by atoms with Crippen LogP contribution in [0.3, 0.4) is 0 Å². The van der Waals surface area contributed by atoms with Crippen LogP contribution in [-0.4, -0.2) is 66.5 Å². The molecule has 6 N–H and O–H groups in total. The Hall–Kier alpha value is -2.06. The molecule has 2 heterocycles. The van der Waals surface area contributed by atoms with Gasteiger partial charge in [0.25, 0.3) is 6.20 Å². The van der Waals surface area contributed by atoms with E-state index in [1.165, 1.54) is 19.5 Å². The molecular weight excluding hydrogens is 488 g/mol. The summed E-state index contributed by atoms with van der Waals surface area (Å²) in [5.74, 6) is 0.371. The zero-order valence-electron chi connectivity index (χ0n) is 22.1. The number of ether oxygens (including phenoxy) is 2. The molecule has 0 amide bonds. The third-order valence-corrected chi connectivity index (χ3v) is 5.36. The van der Waals surface area contributed by atoms with Crippen molar-refractivity contribution in [3.8, 4) is 0 Å². The average molecular weight is 533 g/mol. The Bertz CT molecular complexity index is 782. The number of nitro groups is 1. The highest BCUT2D eigenvalue weighted by Crippen LogP contribution is 2.16. The summed E-state index contributed by atoms with van der Waals surface area (Å²) in [5, 5.41) is 21.3. The van der Waals surface area contributed by atoms with Crippen molar-refractivity contribution < 1.29 is 14.4 Å². The SMILES string of the molecule is CNC.CNC.CNC(=C[N+](=O)[O-])NCCOCc1ccc(C)s1.Cc1ccc(COCCN)s1. The molecule has 35 heavy (non-hydrogen) atoms. The molecule has 0 aliphatic rings. The van der Waals surface area contributed by atoms with E-state index < -0.39 is 4.92 Å². The molecule has 10 nitrogen and oxygen atoms in total. The summed E-state index contributed by atoms with van der Waals surface area (Å²) in [6.07, 6.45) is 0.891. The molecule has 0 fully saturated rings. The van der Waals surface area contributed by atoms with Gasteiger partial charge in [-0.25, -0.2) is 0 Å². The van der Waals surface area contributed by atoms with Crippen LogP contribution in [-0.2, 0) is 22.7 Å². The number of thiophene rings is 2. The summed E-state index contributed by atoms with van der Waals surface area (Å²) in [6.45, 7) is 7.69. The lowest BCUT2D eigenvalue weighted by atomic mass is 10.4. The first kappa shape index (κ1) is 35.1. The van der Waals surface area contributed by atoms with Crippen LogP contribution in [0.4, 0.5) is 0 Å². The minimum absolute atomic E-state index is 0.371. The first-order valence-electron chi connectivity index (χ1n) is 11.2. The minimum atomic E-state index is -0.506. The lowest BCUT2D eigenvalue weighted by Gasteiger charge is -2.07. The lowest BCUT2D eigenvalue weighted by Crippen LogP contribution is -2.27. The first-order chi connectivity index (χ1) is 16.8. The van der Waals surface area contributed by atoms with Gasteiger partial charge in [-0.2, -0.15) is 0 Å². The summed E-state index contributed by atoms with van der Waals surface area (Å²) < 4.78 is 10.7. The topological polar surface area (TPSA) is 136 Å². The van der Waals surface area contributed by atoms with E-state index in [4.69, 9.17) is 15.2 Å². The van der Waals surface area contributed by atoms with Crippen molar-refractivity contribution in [1.82, 2.24) is 21.3 Å². The van der Waals surface area contributed by atoms with Crippen LogP contribution >= 0.6 is 22.7 Å². The first-order valence-corrected chi connectivity index (χ1v) is 12.8. The molecule has 0 unspecified atom stereocenters. The van der Waals surface area contributed by atoms with E-state index in [0.29, 0.717) is 45.3 Å². The number of hydrogen-bond acceptors (Lipinski definition) is 11. The fourth-order valence-electron chi connectivity index (χ4n) is 2.12. The molecule has 0 aliphatic heterocycles. The van der Waals surface area contributed by atoms with Gasteiger partial charge >= 0.3 is 0 Å². The molecule has 0 spiro atoms. The Morgan fingerprint density at radius 2 is 1.40 bits per heavy atom. The van der Waals surface area contributed by atoms with Crippen LogP contribution in [0.2, 0.25) is 0 Å². The molecule has 0 atom stereocenters. The van der Waals surface area contributed by atoms with Crippen molar-refractivity contribution in [1.29, 1.82) is 0 Å². The summed E-state index contributed by atoms with van der Waals surface area (Å²) in [7, 11) is 9.12. The monoisotopic (exact) mass is 532 g/mol. The maximum absolute atomic E-state index is 10.3. The molecule has 0 aromatic carbocycles. The van der Waals surface area contributed by atoms with Gasteiger partial charge in [0.05, 0.1) is 31.4 Å². The highest BCUT2D eigenvalue weighted by Gasteiger charge is 2.00. The molecule has 2 rings (SSSR count). The molecule has 202 valence electrons. The van der Waals surface area contributed by atoms with E-state index in [0.717, 1.165) is 6.20 Å². The Kier molecular flexibility index (Phi) is 25.1. The van der Waals surface area contributed by atoms with E-state index in [1.54, 1.807) is 29.7 Å². The Balaban J connectivity index is 0. The summed E-state index contributed by atoms with van der Waals surface area (Å²) in [6, 6.07) is 8.29. The zero-order chi connectivity index (χ0) is 26.9. The van der Waals surface area contributed by atoms with Gasteiger partial charge in [-0.15, -0.1) is 22.7 Å². The van der Waals surface area contributed by atoms with Crippen LogP contribution in [0, 0.1) is 24.0 Å².